The third-order valence-electron chi connectivity index (χ3n) is 1.54. The van der Waals surface area contributed by atoms with Gasteiger partial charge < -0.3 is 10.5 Å². The van der Waals surface area contributed by atoms with Crippen molar-refractivity contribution in [3.05, 3.63) is 42.5 Å². The Labute approximate surface area is 81.0 Å². The number of carbonyl (C=O) groups excluding carboxylic acids is 2. The van der Waals surface area contributed by atoms with Gasteiger partial charge in [0.05, 0.1) is 5.56 Å². The summed E-state index contributed by atoms with van der Waals surface area (Å²) in [6.45, 7) is 3.17. The number of benzene rings is 1. The van der Waals surface area contributed by atoms with E-state index in [1.807, 2.05) is 0 Å². The molecule has 4 nitrogen and oxygen atoms in total. The zero-order valence-corrected chi connectivity index (χ0v) is 7.40. The molecule has 0 aliphatic rings. The first-order valence-corrected chi connectivity index (χ1v) is 3.88. The van der Waals surface area contributed by atoms with Gasteiger partial charge in [0.1, 0.15) is 0 Å². The van der Waals surface area contributed by atoms with Gasteiger partial charge in [-0.25, -0.2) is 9.59 Å². The molecule has 1 aromatic rings. The van der Waals surface area contributed by atoms with Crippen LogP contribution < -0.4 is 5.73 Å². The summed E-state index contributed by atoms with van der Waals surface area (Å²) in [5.74, 6) is -1.56. The summed E-state index contributed by atoms with van der Waals surface area (Å²) in [6.07, 6.45) is 0.914. The summed E-state index contributed by atoms with van der Waals surface area (Å²) >= 11 is 0. The average Bonchev–Trinajstić information content (AvgIpc) is 2.18. The van der Waals surface area contributed by atoms with Crippen molar-refractivity contribution >= 4 is 17.6 Å². The summed E-state index contributed by atoms with van der Waals surface area (Å²) in [5, 5.41) is 0. The lowest BCUT2D eigenvalue weighted by molar-refractivity contribution is -0.132. The smallest absolute Gasteiger partial charge is 0.348 e. The fourth-order valence-electron chi connectivity index (χ4n) is 0.871. The molecule has 14 heavy (non-hydrogen) atoms. The standard InChI is InChI=1S/C10H9NO3/c1-2-9(12)14-10(13)7-5-3-4-6-8(7)11/h2-6H,1,11H2. The van der Waals surface area contributed by atoms with Crippen molar-refractivity contribution in [2.45, 2.75) is 0 Å². The van der Waals surface area contributed by atoms with E-state index in [0.717, 1.165) is 6.08 Å². The van der Waals surface area contributed by atoms with E-state index < -0.39 is 11.9 Å². The molecule has 4 heteroatoms. The molecule has 0 saturated heterocycles. The minimum Gasteiger partial charge on any atom is -0.398 e. The Bertz CT molecular complexity index is 385. The number of hydrogen-bond donors (Lipinski definition) is 1. The first-order valence-electron chi connectivity index (χ1n) is 3.88. The molecular weight excluding hydrogens is 182 g/mol. The van der Waals surface area contributed by atoms with Crippen LogP contribution in [0.5, 0.6) is 0 Å². The summed E-state index contributed by atoms with van der Waals surface area (Å²) in [4.78, 5) is 22.0. The second-order valence-corrected chi connectivity index (χ2v) is 2.50. The molecule has 0 bridgehead atoms. The van der Waals surface area contributed by atoms with E-state index in [9.17, 15) is 9.59 Å². The van der Waals surface area contributed by atoms with Gasteiger partial charge in [0.15, 0.2) is 0 Å². The van der Waals surface area contributed by atoms with E-state index in [1.54, 1.807) is 18.2 Å². The van der Waals surface area contributed by atoms with Gasteiger partial charge in [-0.05, 0) is 12.1 Å². The van der Waals surface area contributed by atoms with Crippen LogP contribution >= 0.6 is 0 Å². The highest BCUT2D eigenvalue weighted by molar-refractivity contribution is 6.02. The zero-order chi connectivity index (χ0) is 10.6. The first-order chi connectivity index (χ1) is 6.65. The molecule has 2 N–H and O–H groups in total. The van der Waals surface area contributed by atoms with Crippen molar-refractivity contribution in [3.8, 4) is 0 Å². The zero-order valence-electron chi connectivity index (χ0n) is 7.40. The van der Waals surface area contributed by atoms with E-state index in [2.05, 4.69) is 11.3 Å². The van der Waals surface area contributed by atoms with Crippen LogP contribution in [0.15, 0.2) is 36.9 Å². The molecular formula is C10H9NO3. The first kappa shape index (κ1) is 9.98. The number of hydrogen-bond acceptors (Lipinski definition) is 4. The van der Waals surface area contributed by atoms with Gasteiger partial charge in [0, 0.05) is 11.8 Å². The van der Waals surface area contributed by atoms with Gasteiger partial charge >= 0.3 is 11.9 Å². The molecule has 1 rings (SSSR count). The number of nitrogen functional groups attached to an aromatic ring is 1. The molecule has 0 saturated carbocycles. The SMILES string of the molecule is C=CC(=O)OC(=O)c1ccccc1N. The maximum absolute atomic E-state index is 11.3. The van der Waals surface area contributed by atoms with Crippen molar-refractivity contribution in [2.24, 2.45) is 0 Å². The molecule has 0 aromatic heterocycles. The van der Waals surface area contributed by atoms with Gasteiger partial charge in [0.25, 0.3) is 0 Å². The van der Waals surface area contributed by atoms with Crippen LogP contribution in [0.1, 0.15) is 10.4 Å². The second kappa shape index (κ2) is 4.23. The van der Waals surface area contributed by atoms with Crippen molar-refractivity contribution in [2.75, 3.05) is 5.73 Å². The summed E-state index contributed by atoms with van der Waals surface area (Å²) in [6, 6.07) is 6.34. The Morgan fingerprint density at radius 1 is 1.36 bits per heavy atom. The van der Waals surface area contributed by atoms with Crippen LogP contribution in [0, 0.1) is 0 Å². The van der Waals surface area contributed by atoms with E-state index in [4.69, 9.17) is 5.73 Å². The lowest BCUT2D eigenvalue weighted by Crippen LogP contribution is -2.11. The number of esters is 2. The highest BCUT2D eigenvalue weighted by Gasteiger charge is 2.12. The van der Waals surface area contributed by atoms with Gasteiger partial charge in [-0.3, -0.25) is 0 Å². The third kappa shape index (κ3) is 2.20. The van der Waals surface area contributed by atoms with Gasteiger partial charge in [-0.1, -0.05) is 18.7 Å². The van der Waals surface area contributed by atoms with Crippen LogP contribution in [-0.4, -0.2) is 11.9 Å². The highest BCUT2D eigenvalue weighted by Crippen LogP contribution is 2.11. The number of nitrogens with two attached hydrogens (primary N) is 1. The van der Waals surface area contributed by atoms with E-state index in [0.29, 0.717) is 0 Å². The fourth-order valence-corrected chi connectivity index (χ4v) is 0.871. The third-order valence-corrected chi connectivity index (χ3v) is 1.54. The number of carbonyl (C=O) groups is 2. The maximum atomic E-state index is 11.3. The lowest BCUT2D eigenvalue weighted by atomic mass is 10.2. The van der Waals surface area contributed by atoms with Crippen LogP contribution in [0.2, 0.25) is 0 Å². The Hall–Kier alpha value is -2.10. The Balaban J connectivity index is 2.85. The number of para-hydroxylation sites is 1. The van der Waals surface area contributed by atoms with E-state index in [-0.39, 0.29) is 11.3 Å². The Morgan fingerprint density at radius 3 is 2.57 bits per heavy atom. The second-order valence-electron chi connectivity index (χ2n) is 2.50. The minimum atomic E-state index is -0.793. The lowest BCUT2D eigenvalue weighted by Gasteiger charge is -2.02. The largest absolute Gasteiger partial charge is 0.398 e. The molecule has 0 unspecified atom stereocenters. The van der Waals surface area contributed by atoms with Crippen LogP contribution in [-0.2, 0) is 9.53 Å². The molecule has 0 heterocycles. The summed E-state index contributed by atoms with van der Waals surface area (Å²) < 4.78 is 4.39. The number of anilines is 1. The van der Waals surface area contributed by atoms with Crippen molar-refractivity contribution in [1.82, 2.24) is 0 Å². The number of rotatable bonds is 2. The van der Waals surface area contributed by atoms with Crippen molar-refractivity contribution in [1.29, 1.82) is 0 Å². The predicted octanol–water partition coefficient (Wildman–Crippen LogP) is 1.14. The molecule has 72 valence electrons. The Kier molecular flexibility index (Phi) is 3.01. The molecule has 0 amide bonds. The molecule has 0 aliphatic carbocycles. The molecule has 0 aliphatic heterocycles. The summed E-state index contributed by atoms with van der Waals surface area (Å²) in [5.41, 5.74) is 5.94. The van der Waals surface area contributed by atoms with Crippen LogP contribution in [0.4, 0.5) is 5.69 Å². The highest BCUT2D eigenvalue weighted by atomic mass is 16.6. The minimum absolute atomic E-state index is 0.169. The van der Waals surface area contributed by atoms with Gasteiger partial charge in [-0.2, -0.15) is 0 Å². The molecule has 1 aromatic carbocycles. The average molecular weight is 191 g/mol. The van der Waals surface area contributed by atoms with Crippen LogP contribution in [0.25, 0.3) is 0 Å². The summed E-state index contributed by atoms with van der Waals surface area (Å²) in [7, 11) is 0. The molecule has 0 radical (unpaired) electrons. The number of ether oxygens (including phenoxy) is 1. The van der Waals surface area contributed by atoms with Gasteiger partial charge in [-0.15, -0.1) is 0 Å². The maximum Gasteiger partial charge on any atom is 0.348 e. The molecule has 0 atom stereocenters. The van der Waals surface area contributed by atoms with E-state index in [1.165, 1.54) is 6.07 Å². The monoisotopic (exact) mass is 191 g/mol. The molecule has 0 fully saturated rings. The fraction of sp³-hybridized carbons (Fsp3) is 0. The van der Waals surface area contributed by atoms with Crippen molar-refractivity contribution < 1.29 is 14.3 Å². The van der Waals surface area contributed by atoms with E-state index >= 15 is 0 Å². The predicted molar refractivity (Wildman–Crippen MR) is 51.5 cm³/mol. The quantitative estimate of drug-likeness (QED) is 0.329. The Morgan fingerprint density at radius 2 is 2.00 bits per heavy atom. The van der Waals surface area contributed by atoms with Crippen molar-refractivity contribution in [3.63, 3.8) is 0 Å². The van der Waals surface area contributed by atoms with Gasteiger partial charge in [0.2, 0.25) is 0 Å². The normalized spacial score (nSPS) is 9.14. The topological polar surface area (TPSA) is 69.4 Å². The molecule has 0 spiro atoms. The van der Waals surface area contributed by atoms with Crippen LogP contribution in [0.3, 0.4) is 0 Å².